The molecule has 0 unspecified atom stereocenters. The van der Waals surface area contributed by atoms with Crippen molar-refractivity contribution in [2.75, 3.05) is 5.32 Å². The second-order valence-electron chi connectivity index (χ2n) is 5.35. The highest BCUT2D eigenvalue weighted by molar-refractivity contribution is 7.15. The van der Waals surface area contributed by atoms with Crippen LogP contribution < -0.4 is 5.32 Å². The summed E-state index contributed by atoms with van der Waals surface area (Å²) in [5.41, 5.74) is 1.67. The Balaban J connectivity index is 1.71. The number of anilines is 2. The van der Waals surface area contributed by atoms with Gasteiger partial charge >= 0.3 is 0 Å². The van der Waals surface area contributed by atoms with Gasteiger partial charge in [-0.05, 0) is 18.2 Å². The highest BCUT2D eigenvalue weighted by Crippen LogP contribution is 2.33. The lowest BCUT2D eigenvalue weighted by atomic mass is 10.2. The molecule has 0 spiro atoms. The van der Waals surface area contributed by atoms with Gasteiger partial charge in [-0.15, -0.1) is 16.4 Å². The van der Waals surface area contributed by atoms with Crippen molar-refractivity contribution < 1.29 is 0 Å². The predicted octanol–water partition coefficient (Wildman–Crippen LogP) is 5.51. The number of hydrogen-bond donors (Lipinski definition) is 1. The average Bonchev–Trinajstić information content (AvgIpc) is 3.15. The van der Waals surface area contributed by atoms with Gasteiger partial charge in [-0.2, -0.15) is 4.98 Å². The van der Waals surface area contributed by atoms with Crippen molar-refractivity contribution >= 4 is 62.9 Å². The molecular formula is C16H11Cl3N6S. The van der Waals surface area contributed by atoms with Gasteiger partial charge in [-0.25, -0.2) is 14.5 Å². The molecule has 0 aliphatic rings. The molecular weight excluding hydrogens is 415 g/mol. The first-order valence-electron chi connectivity index (χ1n) is 7.63. The minimum Gasteiger partial charge on any atom is -0.307 e. The van der Waals surface area contributed by atoms with Crippen LogP contribution in [0.15, 0.2) is 29.6 Å². The molecule has 0 saturated heterocycles. The van der Waals surface area contributed by atoms with Crippen LogP contribution in [0.4, 0.5) is 11.8 Å². The molecule has 0 saturated carbocycles. The second-order valence-corrected chi connectivity index (χ2v) is 7.41. The Hall–Kier alpha value is -1.93. The van der Waals surface area contributed by atoms with Gasteiger partial charge in [0.15, 0.2) is 0 Å². The van der Waals surface area contributed by atoms with Crippen LogP contribution in [0.3, 0.4) is 0 Å². The zero-order valence-corrected chi connectivity index (χ0v) is 16.5. The van der Waals surface area contributed by atoms with Gasteiger partial charge in [-0.1, -0.05) is 41.7 Å². The van der Waals surface area contributed by atoms with Crippen LogP contribution in [0, 0.1) is 0 Å². The lowest BCUT2D eigenvalue weighted by molar-refractivity contribution is 0.938. The SMILES string of the molecule is CCc1nc(Cl)cc(Nc2nc3scc(-c4ccc(Cl)cc4Cl)n3n2)n1. The Kier molecular flexibility index (Phi) is 4.71. The predicted molar refractivity (Wildman–Crippen MR) is 106 cm³/mol. The van der Waals surface area contributed by atoms with E-state index in [0.29, 0.717) is 39.2 Å². The fraction of sp³-hybridized carbons (Fsp3) is 0.125. The topological polar surface area (TPSA) is 68.0 Å². The maximum absolute atomic E-state index is 6.32. The summed E-state index contributed by atoms with van der Waals surface area (Å²) in [6, 6.07) is 6.98. The molecule has 0 bridgehead atoms. The number of benzene rings is 1. The molecule has 0 aliphatic heterocycles. The first-order chi connectivity index (χ1) is 12.5. The van der Waals surface area contributed by atoms with E-state index in [0.717, 1.165) is 16.2 Å². The zero-order valence-electron chi connectivity index (χ0n) is 13.4. The fourth-order valence-electron chi connectivity index (χ4n) is 2.42. The fourth-order valence-corrected chi connectivity index (χ4v) is 3.95. The van der Waals surface area contributed by atoms with E-state index in [4.69, 9.17) is 34.8 Å². The van der Waals surface area contributed by atoms with Gasteiger partial charge in [0.25, 0.3) is 0 Å². The number of nitrogens with one attached hydrogen (secondary N) is 1. The molecule has 132 valence electrons. The summed E-state index contributed by atoms with van der Waals surface area (Å²) in [6.45, 7) is 1.96. The molecule has 0 atom stereocenters. The highest BCUT2D eigenvalue weighted by atomic mass is 35.5. The lowest BCUT2D eigenvalue weighted by Crippen LogP contribution is -2.01. The van der Waals surface area contributed by atoms with Crippen molar-refractivity contribution in [3.05, 3.63) is 50.7 Å². The van der Waals surface area contributed by atoms with Crippen LogP contribution in [0.2, 0.25) is 15.2 Å². The summed E-state index contributed by atoms with van der Waals surface area (Å²) in [5, 5.41) is 11.0. The molecule has 1 aromatic carbocycles. The normalized spacial score (nSPS) is 11.2. The molecule has 0 radical (unpaired) electrons. The van der Waals surface area contributed by atoms with Crippen molar-refractivity contribution in [1.82, 2.24) is 24.6 Å². The van der Waals surface area contributed by atoms with E-state index >= 15 is 0 Å². The summed E-state index contributed by atoms with van der Waals surface area (Å²) >= 11 is 19.8. The third kappa shape index (κ3) is 3.35. The largest absolute Gasteiger partial charge is 0.307 e. The summed E-state index contributed by atoms with van der Waals surface area (Å²) in [7, 11) is 0. The first kappa shape index (κ1) is 17.5. The number of nitrogens with zero attached hydrogens (tertiary/aromatic N) is 5. The van der Waals surface area contributed by atoms with Gasteiger partial charge in [0.2, 0.25) is 10.9 Å². The number of hydrogen-bond acceptors (Lipinski definition) is 6. The number of thiazole rings is 1. The highest BCUT2D eigenvalue weighted by Gasteiger charge is 2.15. The van der Waals surface area contributed by atoms with Crippen LogP contribution in [0.1, 0.15) is 12.7 Å². The standard InChI is InChI=1S/C16H11Cl3N6S/c1-2-13-20-12(19)6-14(21-13)22-15-23-16-25(24-15)11(7-26-16)9-4-3-8(17)5-10(9)18/h3-7H,2H2,1H3,(H,20,21,22,24). The minimum atomic E-state index is 0.369. The maximum atomic E-state index is 6.32. The lowest BCUT2D eigenvalue weighted by Gasteiger charge is -2.04. The number of rotatable bonds is 4. The summed E-state index contributed by atoms with van der Waals surface area (Å²) in [5.74, 6) is 1.61. The van der Waals surface area contributed by atoms with Gasteiger partial charge in [0.05, 0.1) is 10.7 Å². The van der Waals surface area contributed by atoms with Crippen molar-refractivity contribution in [2.45, 2.75) is 13.3 Å². The Morgan fingerprint density at radius 3 is 2.73 bits per heavy atom. The summed E-state index contributed by atoms with van der Waals surface area (Å²) < 4.78 is 1.73. The summed E-state index contributed by atoms with van der Waals surface area (Å²) in [4.78, 5) is 13.7. The molecule has 4 aromatic rings. The van der Waals surface area contributed by atoms with Gasteiger partial charge < -0.3 is 5.32 Å². The van der Waals surface area contributed by atoms with Crippen LogP contribution in [0.25, 0.3) is 16.2 Å². The Morgan fingerprint density at radius 1 is 1.12 bits per heavy atom. The number of aromatic nitrogens is 5. The number of aryl methyl sites for hydroxylation is 1. The quantitative estimate of drug-likeness (QED) is 0.436. The molecule has 26 heavy (non-hydrogen) atoms. The van der Waals surface area contributed by atoms with Crippen molar-refractivity contribution in [3.63, 3.8) is 0 Å². The van der Waals surface area contributed by atoms with E-state index in [-0.39, 0.29) is 0 Å². The zero-order chi connectivity index (χ0) is 18.3. The molecule has 0 fully saturated rings. The van der Waals surface area contributed by atoms with E-state index < -0.39 is 0 Å². The number of fused-ring (bicyclic) bond motifs is 1. The first-order valence-corrected chi connectivity index (χ1v) is 9.65. The van der Waals surface area contributed by atoms with E-state index in [9.17, 15) is 0 Å². The average molecular weight is 426 g/mol. The number of halogens is 3. The van der Waals surface area contributed by atoms with E-state index in [1.54, 1.807) is 22.7 Å². The van der Waals surface area contributed by atoms with Crippen LogP contribution >= 0.6 is 46.1 Å². The van der Waals surface area contributed by atoms with Gasteiger partial charge in [0.1, 0.15) is 16.8 Å². The molecule has 6 nitrogen and oxygen atoms in total. The molecule has 3 aromatic heterocycles. The monoisotopic (exact) mass is 424 g/mol. The van der Waals surface area contributed by atoms with E-state index in [2.05, 4.69) is 25.4 Å². The molecule has 3 heterocycles. The minimum absolute atomic E-state index is 0.369. The van der Waals surface area contributed by atoms with Crippen molar-refractivity contribution in [2.24, 2.45) is 0 Å². The van der Waals surface area contributed by atoms with Crippen LogP contribution in [-0.4, -0.2) is 24.6 Å². The second kappa shape index (κ2) is 7.00. The van der Waals surface area contributed by atoms with Crippen LogP contribution in [-0.2, 0) is 6.42 Å². The molecule has 0 amide bonds. The van der Waals surface area contributed by atoms with E-state index in [1.807, 2.05) is 18.4 Å². The Morgan fingerprint density at radius 2 is 1.96 bits per heavy atom. The molecule has 10 heteroatoms. The van der Waals surface area contributed by atoms with E-state index in [1.165, 1.54) is 11.3 Å². The summed E-state index contributed by atoms with van der Waals surface area (Å²) in [6.07, 6.45) is 0.681. The molecule has 1 N–H and O–H groups in total. The molecule has 0 aliphatic carbocycles. The van der Waals surface area contributed by atoms with Gasteiger partial charge in [-0.3, -0.25) is 0 Å². The maximum Gasteiger partial charge on any atom is 0.249 e. The third-order valence-corrected chi connectivity index (χ3v) is 5.14. The Labute approximate surface area is 167 Å². The third-order valence-electron chi connectivity index (χ3n) is 3.59. The molecule has 4 rings (SSSR count). The van der Waals surface area contributed by atoms with Crippen molar-refractivity contribution in [1.29, 1.82) is 0 Å². The smallest absolute Gasteiger partial charge is 0.249 e. The van der Waals surface area contributed by atoms with Gasteiger partial charge in [0, 0.05) is 28.5 Å². The van der Waals surface area contributed by atoms with Crippen molar-refractivity contribution in [3.8, 4) is 11.3 Å². The Bertz CT molecular complexity index is 1110. The van der Waals surface area contributed by atoms with Crippen LogP contribution in [0.5, 0.6) is 0 Å².